The van der Waals surface area contributed by atoms with E-state index in [1.165, 1.54) is 0 Å². The Hall–Kier alpha value is -2.57. The molecule has 6 nitrogen and oxygen atoms in total. The summed E-state index contributed by atoms with van der Waals surface area (Å²) in [6, 6.07) is 13.0. The lowest BCUT2D eigenvalue weighted by molar-refractivity contribution is -0.118. The maximum atomic E-state index is 11.7. The number of anilines is 2. The van der Waals surface area contributed by atoms with Gasteiger partial charge in [-0.05, 0) is 42.5 Å². The second kappa shape index (κ2) is 8.41. The van der Waals surface area contributed by atoms with Gasteiger partial charge in [-0.3, -0.25) is 4.79 Å². The predicted octanol–water partition coefficient (Wildman–Crippen LogP) is 4.56. The largest absolute Gasteiger partial charge is 0.379 e. The number of nitrogens with zero attached hydrogens (tertiary/aromatic N) is 4. The van der Waals surface area contributed by atoms with E-state index >= 15 is 0 Å². The molecule has 0 saturated carbocycles. The van der Waals surface area contributed by atoms with E-state index in [2.05, 4.69) is 15.6 Å². The maximum absolute atomic E-state index is 11.7. The molecule has 3 aromatic rings. The Kier molecular flexibility index (Phi) is 5.98. The van der Waals surface area contributed by atoms with Crippen LogP contribution in [0, 0.1) is 0 Å². The van der Waals surface area contributed by atoms with Gasteiger partial charge in [0, 0.05) is 24.8 Å². The monoisotopic (exact) mass is 403 g/mol. The van der Waals surface area contributed by atoms with Gasteiger partial charge < -0.3 is 10.2 Å². The van der Waals surface area contributed by atoms with Crippen molar-refractivity contribution >= 4 is 40.5 Å². The van der Waals surface area contributed by atoms with Crippen LogP contribution in [-0.4, -0.2) is 27.9 Å². The van der Waals surface area contributed by atoms with Gasteiger partial charge in [-0.25, -0.2) is 4.68 Å². The molecule has 27 heavy (non-hydrogen) atoms. The third-order valence-electron chi connectivity index (χ3n) is 4.11. The minimum Gasteiger partial charge on any atom is -0.379 e. The summed E-state index contributed by atoms with van der Waals surface area (Å²) in [5, 5.41) is 12.5. The highest BCUT2D eigenvalue weighted by atomic mass is 35.5. The fraction of sp³-hybridized carbons (Fsp3) is 0.211. The highest BCUT2D eigenvalue weighted by Gasteiger charge is 2.09. The third kappa shape index (κ3) is 4.59. The van der Waals surface area contributed by atoms with Crippen LogP contribution < -0.4 is 10.2 Å². The molecule has 0 aliphatic heterocycles. The number of hydrogen-bond donors (Lipinski definition) is 1. The Balaban J connectivity index is 1.63. The van der Waals surface area contributed by atoms with Gasteiger partial charge in [0.15, 0.2) is 0 Å². The van der Waals surface area contributed by atoms with Crippen LogP contribution in [0.1, 0.15) is 19.0 Å². The second-order valence-electron chi connectivity index (χ2n) is 5.96. The second-order valence-corrected chi connectivity index (χ2v) is 6.77. The molecule has 1 amide bonds. The maximum Gasteiger partial charge on any atom is 0.226 e. The zero-order chi connectivity index (χ0) is 19.4. The molecular weight excluding hydrogens is 385 g/mol. The summed E-state index contributed by atoms with van der Waals surface area (Å²) in [6.07, 6.45) is 2.31. The summed E-state index contributed by atoms with van der Waals surface area (Å²) in [5.41, 5.74) is 3.36. The Bertz CT molecular complexity index is 940. The van der Waals surface area contributed by atoms with Gasteiger partial charge in [0.2, 0.25) is 5.91 Å². The van der Waals surface area contributed by atoms with Gasteiger partial charge in [-0.15, -0.1) is 5.10 Å². The molecule has 8 heteroatoms. The molecule has 2 aromatic carbocycles. The molecule has 1 N–H and O–H groups in total. The first-order valence-corrected chi connectivity index (χ1v) is 9.20. The molecule has 0 saturated heterocycles. The lowest BCUT2D eigenvalue weighted by Gasteiger charge is -2.16. The van der Waals surface area contributed by atoms with Crippen molar-refractivity contribution in [2.45, 2.75) is 19.9 Å². The number of halogens is 2. The van der Waals surface area contributed by atoms with E-state index < -0.39 is 0 Å². The third-order valence-corrected chi connectivity index (χ3v) is 4.85. The number of rotatable bonds is 6. The number of hydrogen-bond acceptors (Lipinski definition) is 4. The molecule has 3 rings (SSSR count). The standard InChI is InChI=1S/C19H19Cl2N5O/c1-3-19(27)25(2)15-6-4-13(5-7-15)22-11-14-12-26(24-23-14)16-8-9-17(20)18(21)10-16/h4-10,12,22H,3,11H2,1-2H3. The van der Waals surface area contributed by atoms with E-state index in [9.17, 15) is 4.79 Å². The zero-order valence-corrected chi connectivity index (χ0v) is 16.5. The fourth-order valence-corrected chi connectivity index (χ4v) is 2.80. The molecule has 0 aliphatic carbocycles. The van der Waals surface area contributed by atoms with E-state index in [0.29, 0.717) is 23.0 Å². The quantitative estimate of drug-likeness (QED) is 0.654. The van der Waals surface area contributed by atoms with Gasteiger partial charge in [0.05, 0.1) is 28.5 Å². The van der Waals surface area contributed by atoms with Crippen molar-refractivity contribution in [3.63, 3.8) is 0 Å². The van der Waals surface area contributed by atoms with E-state index in [0.717, 1.165) is 22.8 Å². The number of nitrogens with one attached hydrogen (secondary N) is 1. The smallest absolute Gasteiger partial charge is 0.226 e. The van der Waals surface area contributed by atoms with Crippen molar-refractivity contribution in [3.8, 4) is 5.69 Å². The Morgan fingerprint density at radius 2 is 1.89 bits per heavy atom. The first-order valence-electron chi connectivity index (χ1n) is 8.45. The van der Waals surface area contributed by atoms with Crippen LogP contribution >= 0.6 is 23.2 Å². The molecule has 0 spiro atoms. The van der Waals surface area contributed by atoms with Gasteiger partial charge in [0.25, 0.3) is 0 Å². The Labute approximate surface area is 167 Å². The molecule has 0 atom stereocenters. The molecule has 0 radical (unpaired) electrons. The molecular formula is C19H19Cl2N5O. The lowest BCUT2D eigenvalue weighted by atomic mass is 10.2. The summed E-state index contributed by atoms with van der Waals surface area (Å²) < 4.78 is 1.65. The summed E-state index contributed by atoms with van der Waals surface area (Å²) in [5.74, 6) is 0.0784. The number of carbonyl (C=O) groups is 1. The minimum atomic E-state index is 0.0784. The van der Waals surface area contributed by atoms with Crippen LogP contribution in [0.25, 0.3) is 5.69 Å². The minimum absolute atomic E-state index is 0.0784. The average Bonchev–Trinajstić information content (AvgIpc) is 3.16. The topological polar surface area (TPSA) is 63.1 Å². The molecule has 1 heterocycles. The highest BCUT2D eigenvalue weighted by molar-refractivity contribution is 6.42. The van der Waals surface area contributed by atoms with Gasteiger partial charge in [-0.2, -0.15) is 0 Å². The van der Waals surface area contributed by atoms with E-state index in [-0.39, 0.29) is 5.91 Å². The number of carbonyl (C=O) groups excluding carboxylic acids is 1. The zero-order valence-electron chi connectivity index (χ0n) is 15.0. The summed E-state index contributed by atoms with van der Waals surface area (Å²) in [4.78, 5) is 13.4. The van der Waals surface area contributed by atoms with Crippen molar-refractivity contribution in [2.24, 2.45) is 0 Å². The van der Waals surface area contributed by atoms with Crippen LogP contribution in [0.3, 0.4) is 0 Å². The molecule has 0 aliphatic rings. The van der Waals surface area contributed by atoms with E-state index in [1.54, 1.807) is 28.8 Å². The van der Waals surface area contributed by atoms with Crippen LogP contribution in [0.2, 0.25) is 10.0 Å². The summed E-state index contributed by atoms with van der Waals surface area (Å²) in [7, 11) is 1.77. The van der Waals surface area contributed by atoms with Crippen molar-refractivity contribution < 1.29 is 4.79 Å². The summed E-state index contributed by atoms with van der Waals surface area (Å²) in [6.45, 7) is 2.37. The average molecular weight is 404 g/mol. The number of aromatic nitrogens is 3. The van der Waals surface area contributed by atoms with Gasteiger partial charge in [-0.1, -0.05) is 35.3 Å². The van der Waals surface area contributed by atoms with Crippen LogP contribution in [0.5, 0.6) is 0 Å². The van der Waals surface area contributed by atoms with E-state index in [1.807, 2.05) is 43.5 Å². The SMILES string of the molecule is CCC(=O)N(C)c1ccc(NCc2cn(-c3ccc(Cl)c(Cl)c3)nn2)cc1. The highest BCUT2D eigenvalue weighted by Crippen LogP contribution is 2.24. The van der Waals surface area contributed by atoms with Crippen molar-refractivity contribution in [2.75, 3.05) is 17.3 Å². The fourth-order valence-electron chi connectivity index (χ4n) is 2.51. The van der Waals surface area contributed by atoms with E-state index in [4.69, 9.17) is 23.2 Å². The van der Waals surface area contributed by atoms with Gasteiger partial charge >= 0.3 is 0 Å². The summed E-state index contributed by atoms with van der Waals surface area (Å²) >= 11 is 12.0. The Morgan fingerprint density at radius 1 is 1.15 bits per heavy atom. The first kappa shape index (κ1) is 19.2. The predicted molar refractivity (Wildman–Crippen MR) is 109 cm³/mol. The lowest BCUT2D eigenvalue weighted by Crippen LogP contribution is -2.24. The molecule has 0 bridgehead atoms. The van der Waals surface area contributed by atoms with Crippen LogP contribution in [0.4, 0.5) is 11.4 Å². The van der Waals surface area contributed by atoms with Crippen LogP contribution in [0.15, 0.2) is 48.7 Å². The molecule has 1 aromatic heterocycles. The van der Waals surface area contributed by atoms with Crippen LogP contribution in [-0.2, 0) is 11.3 Å². The molecule has 0 unspecified atom stereocenters. The molecule has 0 fully saturated rings. The van der Waals surface area contributed by atoms with Crippen molar-refractivity contribution in [1.29, 1.82) is 0 Å². The number of benzene rings is 2. The van der Waals surface area contributed by atoms with Gasteiger partial charge in [0.1, 0.15) is 5.69 Å². The normalized spacial score (nSPS) is 10.7. The Morgan fingerprint density at radius 3 is 2.56 bits per heavy atom. The molecule has 140 valence electrons. The van der Waals surface area contributed by atoms with Crippen molar-refractivity contribution in [3.05, 3.63) is 64.4 Å². The number of amides is 1. The van der Waals surface area contributed by atoms with Crippen molar-refractivity contribution in [1.82, 2.24) is 15.0 Å². The first-order chi connectivity index (χ1) is 13.0.